The van der Waals surface area contributed by atoms with Gasteiger partial charge in [-0.1, -0.05) is 11.6 Å². The Hall–Kier alpha value is -2.60. The van der Waals surface area contributed by atoms with Crippen molar-refractivity contribution in [2.45, 2.75) is 18.8 Å². The first kappa shape index (κ1) is 15.9. The Balaban J connectivity index is 2.05. The molecule has 0 amide bonds. The Labute approximate surface area is 148 Å². The van der Waals surface area contributed by atoms with E-state index in [2.05, 4.69) is 9.97 Å². The lowest BCUT2D eigenvalue weighted by atomic mass is 10.00. The molecule has 7 heteroatoms. The fourth-order valence-electron chi connectivity index (χ4n) is 2.97. The minimum Gasteiger partial charge on any atom is -0.505 e. The molecule has 128 valence electrons. The molecule has 1 aliphatic rings. The lowest BCUT2D eigenvalue weighted by Crippen LogP contribution is -2.01. The van der Waals surface area contributed by atoms with Crippen LogP contribution in [0, 0.1) is 5.82 Å². The van der Waals surface area contributed by atoms with Crippen LogP contribution in [-0.4, -0.2) is 22.2 Å². The molecule has 0 radical (unpaired) electrons. The first-order valence-electron chi connectivity index (χ1n) is 7.82. The molecule has 5 nitrogen and oxygen atoms in total. The SMILES string of the molecule is COc1nc(-c2ccc(F)c(Cl)c2)c2c(N)c(O)c(C3CC3)cc2n1. The molecule has 1 aromatic heterocycles. The van der Waals surface area contributed by atoms with E-state index in [1.807, 2.05) is 6.07 Å². The van der Waals surface area contributed by atoms with Crippen LogP contribution in [0.2, 0.25) is 5.02 Å². The maximum atomic E-state index is 13.5. The zero-order valence-corrected chi connectivity index (χ0v) is 14.1. The number of nitrogens with zero attached hydrogens (tertiary/aromatic N) is 2. The molecular formula is C18H15ClFN3O2. The Morgan fingerprint density at radius 3 is 2.68 bits per heavy atom. The molecule has 1 aliphatic carbocycles. The summed E-state index contributed by atoms with van der Waals surface area (Å²) in [6.45, 7) is 0. The molecule has 25 heavy (non-hydrogen) atoms. The van der Waals surface area contributed by atoms with Crippen LogP contribution in [0.5, 0.6) is 11.8 Å². The van der Waals surface area contributed by atoms with Gasteiger partial charge in [0.05, 0.1) is 34.4 Å². The topological polar surface area (TPSA) is 81.3 Å². The zero-order valence-electron chi connectivity index (χ0n) is 13.4. The summed E-state index contributed by atoms with van der Waals surface area (Å²) in [6, 6.07) is 6.25. The number of hydrogen-bond acceptors (Lipinski definition) is 5. The van der Waals surface area contributed by atoms with E-state index in [1.54, 1.807) is 6.07 Å². The van der Waals surface area contributed by atoms with Crippen molar-refractivity contribution >= 4 is 28.2 Å². The second-order valence-electron chi connectivity index (χ2n) is 6.08. The standard InChI is InChI=1S/C18H15ClFN3O2/c1-25-18-22-13-7-10(8-2-3-8)17(24)15(21)14(13)16(23-18)9-4-5-12(20)11(19)6-9/h4-8,24H,2-3,21H2,1H3. The predicted octanol–water partition coefficient (Wildman–Crippen LogP) is 4.26. The quantitative estimate of drug-likeness (QED) is 0.539. The average Bonchev–Trinajstić information content (AvgIpc) is 3.44. The van der Waals surface area contributed by atoms with Gasteiger partial charge < -0.3 is 15.6 Å². The summed E-state index contributed by atoms with van der Waals surface area (Å²) in [7, 11) is 1.47. The van der Waals surface area contributed by atoms with E-state index in [9.17, 15) is 9.50 Å². The second kappa shape index (κ2) is 5.74. The second-order valence-corrected chi connectivity index (χ2v) is 6.49. The monoisotopic (exact) mass is 359 g/mol. The number of methoxy groups -OCH3 is 1. The average molecular weight is 360 g/mol. The van der Waals surface area contributed by atoms with Crippen LogP contribution in [0.15, 0.2) is 24.3 Å². The molecule has 1 heterocycles. The van der Waals surface area contributed by atoms with Crippen LogP contribution < -0.4 is 10.5 Å². The third-order valence-corrected chi connectivity index (χ3v) is 4.69. The number of rotatable bonds is 3. The highest BCUT2D eigenvalue weighted by molar-refractivity contribution is 6.31. The van der Waals surface area contributed by atoms with Gasteiger partial charge in [-0.25, -0.2) is 4.39 Å². The summed E-state index contributed by atoms with van der Waals surface area (Å²) < 4.78 is 18.7. The van der Waals surface area contributed by atoms with Crippen molar-refractivity contribution in [2.75, 3.05) is 12.8 Å². The van der Waals surface area contributed by atoms with Crippen molar-refractivity contribution in [3.8, 4) is 23.0 Å². The van der Waals surface area contributed by atoms with Crippen molar-refractivity contribution < 1.29 is 14.2 Å². The number of ether oxygens (including phenoxy) is 1. The van der Waals surface area contributed by atoms with Crippen LogP contribution in [0.4, 0.5) is 10.1 Å². The maximum absolute atomic E-state index is 13.5. The Bertz CT molecular complexity index is 1010. The van der Waals surface area contributed by atoms with E-state index in [0.29, 0.717) is 28.1 Å². The number of anilines is 1. The molecule has 3 N–H and O–H groups in total. The molecule has 1 fully saturated rings. The molecule has 3 aromatic rings. The van der Waals surface area contributed by atoms with E-state index >= 15 is 0 Å². The first-order chi connectivity index (χ1) is 12.0. The van der Waals surface area contributed by atoms with Gasteiger partial charge in [-0.3, -0.25) is 0 Å². The lowest BCUT2D eigenvalue weighted by molar-refractivity contribution is 0.382. The number of nitrogen functional groups attached to an aromatic ring is 1. The van der Waals surface area contributed by atoms with Crippen molar-refractivity contribution in [1.82, 2.24) is 9.97 Å². The third kappa shape index (κ3) is 2.62. The molecule has 0 spiro atoms. The highest BCUT2D eigenvalue weighted by Gasteiger charge is 2.29. The summed E-state index contributed by atoms with van der Waals surface area (Å²) in [5.74, 6) is -0.169. The zero-order chi connectivity index (χ0) is 17.7. The first-order valence-corrected chi connectivity index (χ1v) is 8.20. The van der Waals surface area contributed by atoms with Crippen LogP contribution in [-0.2, 0) is 0 Å². The normalized spacial score (nSPS) is 14.0. The minimum absolute atomic E-state index is 0.0272. The smallest absolute Gasteiger partial charge is 0.317 e. The van der Waals surface area contributed by atoms with Crippen LogP contribution >= 0.6 is 11.6 Å². The number of phenolic OH excluding ortho intramolecular Hbond substituents is 1. The van der Waals surface area contributed by atoms with Gasteiger partial charge in [-0.2, -0.15) is 9.97 Å². The summed E-state index contributed by atoms with van der Waals surface area (Å²) in [5, 5.41) is 11.0. The number of benzene rings is 2. The van der Waals surface area contributed by atoms with E-state index in [-0.39, 0.29) is 22.5 Å². The van der Waals surface area contributed by atoms with Crippen molar-refractivity contribution in [3.63, 3.8) is 0 Å². The van der Waals surface area contributed by atoms with Crippen molar-refractivity contribution in [1.29, 1.82) is 0 Å². The van der Waals surface area contributed by atoms with Crippen LogP contribution in [0.25, 0.3) is 22.2 Å². The fourth-order valence-corrected chi connectivity index (χ4v) is 3.15. The van der Waals surface area contributed by atoms with Crippen LogP contribution in [0.3, 0.4) is 0 Å². The summed E-state index contributed by atoms with van der Waals surface area (Å²) in [4.78, 5) is 8.71. The molecule has 1 saturated carbocycles. The number of hydrogen-bond donors (Lipinski definition) is 2. The maximum Gasteiger partial charge on any atom is 0.317 e. The summed E-state index contributed by atoms with van der Waals surface area (Å²) in [6.07, 6.45) is 2.03. The molecule has 0 atom stereocenters. The Kier molecular flexibility index (Phi) is 3.65. The molecule has 2 aromatic carbocycles. The third-order valence-electron chi connectivity index (χ3n) is 4.40. The van der Waals surface area contributed by atoms with Gasteiger partial charge in [0.15, 0.2) is 0 Å². The minimum atomic E-state index is -0.525. The van der Waals surface area contributed by atoms with Gasteiger partial charge in [-0.15, -0.1) is 0 Å². The number of aromatic nitrogens is 2. The number of phenols is 1. The fraction of sp³-hybridized carbons (Fsp3) is 0.222. The molecule has 0 aliphatic heterocycles. The van der Waals surface area contributed by atoms with Gasteiger partial charge in [0.2, 0.25) is 0 Å². The van der Waals surface area contributed by atoms with Crippen molar-refractivity contribution in [3.05, 3.63) is 40.7 Å². The highest BCUT2D eigenvalue weighted by Crippen LogP contribution is 2.49. The number of nitrogens with two attached hydrogens (primary N) is 1. The highest BCUT2D eigenvalue weighted by atomic mass is 35.5. The van der Waals surface area contributed by atoms with E-state index < -0.39 is 5.82 Å². The van der Waals surface area contributed by atoms with Gasteiger partial charge in [0.1, 0.15) is 11.6 Å². The Morgan fingerprint density at radius 2 is 2.04 bits per heavy atom. The number of halogens is 2. The van der Waals surface area contributed by atoms with E-state index in [0.717, 1.165) is 18.4 Å². The van der Waals surface area contributed by atoms with E-state index in [4.69, 9.17) is 22.1 Å². The Morgan fingerprint density at radius 1 is 1.28 bits per heavy atom. The summed E-state index contributed by atoms with van der Waals surface area (Å²) in [5.41, 5.74) is 8.75. The van der Waals surface area contributed by atoms with Gasteiger partial charge in [0, 0.05) is 11.1 Å². The number of aromatic hydroxyl groups is 1. The van der Waals surface area contributed by atoms with E-state index in [1.165, 1.54) is 19.2 Å². The number of fused-ring (bicyclic) bond motifs is 1. The molecule has 0 unspecified atom stereocenters. The van der Waals surface area contributed by atoms with Gasteiger partial charge in [-0.05, 0) is 43.0 Å². The molecular weight excluding hydrogens is 345 g/mol. The van der Waals surface area contributed by atoms with Gasteiger partial charge >= 0.3 is 6.01 Å². The van der Waals surface area contributed by atoms with Crippen LogP contribution in [0.1, 0.15) is 24.3 Å². The molecule has 0 saturated heterocycles. The molecule has 4 rings (SSSR count). The predicted molar refractivity (Wildman–Crippen MR) is 94.5 cm³/mol. The largest absolute Gasteiger partial charge is 0.505 e. The molecule has 0 bridgehead atoms. The van der Waals surface area contributed by atoms with Crippen molar-refractivity contribution in [2.24, 2.45) is 0 Å². The van der Waals surface area contributed by atoms with Gasteiger partial charge in [0.25, 0.3) is 0 Å². The summed E-state index contributed by atoms with van der Waals surface area (Å²) >= 11 is 5.90. The lowest BCUT2D eigenvalue weighted by Gasteiger charge is -2.14.